The van der Waals surface area contributed by atoms with Crippen molar-refractivity contribution in [3.63, 3.8) is 0 Å². The average molecular weight is 311 g/mol. The SMILES string of the molecule is CCN(CC)CC1CCCC1(O[Si](C)(C)C)C(F)(F)F. The number of rotatable bonds is 6. The standard InChI is InChI=1S/C14H28F3NOSi/c1-6-18(7-2)11-12-9-8-10-13(12,14(15,16)17)19-20(3,4)5/h12H,6-11H2,1-5H3. The van der Waals surface area contributed by atoms with Gasteiger partial charge in [-0.25, -0.2) is 0 Å². The van der Waals surface area contributed by atoms with E-state index in [1.54, 1.807) is 0 Å². The van der Waals surface area contributed by atoms with Crippen LogP contribution in [0.15, 0.2) is 0 Å². The van der Waals surface area contributed by atoms with Gasteiger partial charge in [-0.15, -0.1) is 0 Å². The van der Waals surface area contributed by atoms with Crippen molar-refractivity contribution in [2.45, 2.75) is 64.5 Å². The fourth-order valence-electron chi connectivity index (χ4n) is 3.19. The molecule has 0 spiro atoms. The topological polar surface area (TPSA) is 12.5 Å². The van der Waals surface area contributed by atoms with Gasteiger partial charge in [0.1, 0.15) is 0 Å². The van der Waals surface area contributed by atoms with Crippen LogP contribution in [0.2, 0.25) is 19.6 Å². The minimum absolute atomic E-state index is 0.118. The summed E-state index contributed by atoms with van der Waals surface area (Å²) in [6.07, 6.45) is -2.94. The second-order valence-electron chi connectivity index (χ2n) is 6.68. The van der Waals surface area contributed by atoms with E-state index in [1.807, 2.05) is 33.5 Å². The predicted molar refractivity (Wildman–Crippen MR) is 78.3 cm³/mol. The molecule has 2 atom stereocenters. The third-order valence-electron chi connectivity index (χ3n) is 4.10. The second kappa shape index (κ2) is 6.36. The molecule has 0 radical (unpaired) electrons. The maximum absolute atomic E-state index is 13.7. The molecule has 20 heavy (non-hydrogen) atoms. The normalized spacial score (nSPS) is 28.4. The molecule has 1 aliphatic carbocycles. The molecule has 0 N–H and O–H groups in total. The summed E-state index contributed by atoms with van der Waals surface area (Å²) in [5.74, 6) is -0.436. The molecule has 0 amide bonds. The minimum atomic E-state index is -4.28. The van der Waals surface area contributed by atoms with Crippen LogP contribution in [0.5, 0.6) is 0 Å². The van der Waals surface area contributed by atoms with E-state index >= 15 is 0 Å². The molecule has 2 unspecified atom stereocenters. The van der Waals surface area contributed by atoms with E-state index in [4.69, 9.17) is 4.43 Å². The summed E-state index contributed by atoms with van der Waals surface area (Å²) >= 11 is 0. The average Bonchev–Trinajstić information content (AvgIpc) is 2.67. The summed E-state index contributed by atoms with van der Waals surface area (Å²) in [4.78, 5) is 2.07. The Morgan fingerprint density at radius 2 is 1.75 bits per heavy atom. The Hall–Kier alpha value is -0.0731. The van der Waals surface area contributed by atoms with Crippen molar-refractivity contribution in [3.8, 4) is 0 Å². The zero-order valence-electron chi connectivity index (χ0n) is 13.3. The predicted octanol–water partition coefficient (Wildman–Crippen LogP) is 4.28. The number of nitrogens with zero attached hydrogens (tertiary/aromatic N) is 1. The largest absolute Gasteiger partial charge is 0.416 e. The summed E-state index contributed by atoms with van der Waals surface area (Å²) in [5, 5.41) is 0. The molecule has 0 saturated heterocycles. The van der Waals surface area contributed by atoms with Gasteiger partial charge in [-0.05, 0) is 52.0 Å². The van der Waals surface area contributed by atoms with Crippen LogP contribution in [0.1, 0.15) is 33.1 Å². The summed E-state index contributed by atoms with van der Waals surface area (Å²) < 4.78 is 46.9. The molecule has 0 bridgehead atoms. The zero-order chi connectivity index (χ0) is 15.6. The van der Waals surface area contributed by atoms with Crippen LogP contribution in [-0.4, -0.2) is 44.6 Å². The maximum atomic E-state index is 13.7. The summed E-state index contributed by atoms with van der Waals surface area (Å²) in [5.41, 5.74) is -1.92. The Bertz CT molecular complexity index is 313. The summed E-state index contributed by atoms with van der Waals surface area (Å²) in [6.45, 7) is 11.6. The fourth-order valence-corrected chi connectivity index (χ4v) is 4.67. The van der Waals surface area contributed by atoms with Crippen LogP contribution in [0.3, 0.4) is 0 Å². The highest BCUT2D eigenvalue weighted by Gasteiger charge is 2.63. The van der Waals surface area contributed by atoms with Gasteiger partial charge < -0.3 is 9.33 Å². The quantitative estimate of drug-likeness (QED) is 0.679. The van der Waals surface area contributed by atoms with E-state index in [2.05, 4.69) is 4.90 Å². The van der Waals surface area contributed by atoms with Crippen LogP contribution < -0.4 is 0 Å². The number of halogens is 3. The van der Waals surface area contributed by atoms with Gasteiger partial charge in [-0.2, -0.15) is 13.2 Å². The molecule has 1 aliphatic rings. The highest BCUT2D eigenvalue weighted by atomic mass is 28.4. The molecule has 0 aromatic rings. The molecule has 2 nitrogen and oxygen atoms in total. The Labute approximate surface area is 121 Å². The van der Waals surface area contributed by atoms with Gasteiger partial charge in [0, 0.05) is 12.5 Å². The van der Waals surface area contributed by atoms with E-state index in [9.17, 15) is 13.2 Å². The molecule has 1 rings (SSSR count). The summed E-state index contributed by atoms with van der Waals surface area (Å²) in [7, 11) is -2.26. The lowest BCUT2D eigenvalue weighted by Gasteiger charge is -2.43. The zero-order valence-corrected chi connectivity index (χ0v) is 14.3. The van der Waals surface area contributed by atoms with E-state index in [0.717, 1.165) is 13.1 Å². The smallest absolute Gasteiger partial charge is 0.403 e. The number of hydrogen-bond donors (Lipinski definition) is 0. The van der Waals surface area contributed by atoms with Gasteiger partial charge in [0.2, 0.25) is 0 Å². The van der Waals surface area contributed by atoms with Gasteiger partial charge >= 0.3 is 6.18 Å². The molecule has 1 fully saturated rings. The second-order valence-corrected chi connectivity index (χ2v) is 11.1. The van der Waals surface area contributed by atoms with Gasteiger partial charge in [0.15, 0.2) is 13.9 Å². The molecule has 0 aromatic carbocycles. The third kappa shape index (κ3) is 3.98. The fraction of sp³-hybridized carbons (Fsp3) is 1.00. The van der Waals surface area contributed by atoms with Gasteiger partial charge in [-0.3, -0.25) is 0 Å². The molecular formula is C14H28F3NOSi. The minimum Gasteiger partial charge on any atom is -0.403 e. The molecule has 120 valence electrons. The van der Waals surface area contributed by atoms with Crippen LogP contribution in [0.25, 0.3) is 0 Å². The Morgan fingerprint density at radius 3 is 2.15 bits per heavy atom. The first-order valence-electron chi connectivity index (χ1n) is 7.55. The van der Waals surface area contributed by atoms with Crippen LogP contribution in [0, 0.1) is 5.92 Å². The lowest BCUT2D eigenvalue weighted by Crippen LogP contribution is -2.57. The summed E-state index contributed by atoms with van der Waals surface area (Å²) in [6, 6.07) is 0. The molecule has 0 aromatic heterocycles. The van der Waals surface area contributed by atoms with Crippen molar-refractivity contribution in [1.82, 2.24) is 4.90 Å². The van der Waals surface area contributed by atoms with Crippen molar-refractivity contribution in [2.75, 3.05) is 19.6 Å². The lowest BCUT2D eigenvalue weighted by molar-refractivity contribution is -0.265. The first-order chi connectivity index (χ1) is 9.05. The highest BCUT2D eigenvalue weighted by molar-refractivity contribution is 6.69. The van der Waals surface area contributed by atoms with E-state index in [0.29, 0.717) is 19.4 Å². The Balaban J connectivity index is 3.02. The number of hydrogen-bond acceptors (Lipinski definition) is 2. The maximum Gasteiger partial charge on any atom is 0.416 e. The number of alkyl halides is 3. The van der Waals surface area contributed by atoms with Crippen LogP contribution in [0.4, 0.5) is 13.2 Å². The van der Waals surface area contributed by atoms with Gasteiger partial charge in [0.05, 0.1) is 0 Å². The van der Waals surface area contributed by atoms with E-state index < -0.39 is 26.0 Å². The molecule has 6 heteroatoms. The Morgan fingerprint density at radius 1 is 1.20 bits per heavy atom. The van der Waals surface area contributed by atoms with Gasteiger partial charge in [0.25, 0.3) is 0 Å². The first kappa shape index (κ1) is 18.0. The van der Waals surface area contributed by atoms with Crippen molar-refractivity contribution in [3.05, 3.63) is 0 Å². The molecule has 0 heterocycles. The monoisotopic (exact) mass is 311 g/mol. The van der Waals surface area contributed by atoms with E-state index in [-0.39, 0.29) is 6.42 Å². The van der Waals surface area contributed by atoms with Crippen molar-refractivity contribution >= 4 is 8.32 Å². The lowest BCUT2D eigenvalue weighted by atomic mass is 9.89. The van der Waals surface area contributed by atoms with Crippen molar-refractivity contribution in [1.29, 1.82) is 0 Å². The Kier molecular flexibility index (Phi) is 5.72. The van der Waals surface area contributed by atoms with Crippen molar-refractivity contribution < 1.29 is 17.6 Å². The highest BCUT2D eigenvalue weighted by Crippen LogP contribution is 2.51. The van der Waals surface area contributed by atoms with Crippen LogP contribution in [-0.2, 0) is 4.43 Å². The molecular weight excluding hydrogens is 283 g/mol. The van der Waals surface area contributed by atoms with Gasteiger partial charge in [-0.1, -0.05) is 13.8 Å². The third-order valence-corrected chi connectivity index (χ3v) is 5.08. The van der Waals surface area contributed by atoms with Crippen LogP contribution >= 0.6 is 0 Å². The molecule has 0 aliphatic heterocycles. The van der Waals surface area contributed by atoms with E-state index in [1.165, 1.54) is 0 Å². The van der Waals surface area contributed by atoms with Crippen molar-refractivity contribution in [2.24, 2.45) is 5.92 Å². The molecule has 1 saturated carbocycles. The first-order valence-corrected chi connectivity index (χ1v) is 11.0.